The molecule has 1 atom stereocenters. The Labute approximate surface area is 216 Å². The van der Waals surface area contributed by atoms with Crippen LogP contribution in [-0.2, 0) is 15.1 Å². The topological polar surface area (TPSA) is 150 Å². The second-order valence-electron chi connectivity index (χ2n) is 8.88. The van der Waals surface area contributed by atoms with E-state index >= 15 is 0 Å². The number of fused-ring (bicyclic) bond motifs is 2. The monoisotopic (exact) mass is 570 g/mol. The number of halogens is 1. The van der Waals surface area contributed by atoms with Gasteiger partial charge in [-0.15, -0.1) is 11.3 Å². The minimum absolute atomic E-state index is 0.0198. The Hall–Kier alpha value is -3.71. The number of amides is 6. The van der Waals surface area contributed by atoms with Gasteiger partial charge in [-0.3, -0.25) is 34.7 Å². The number of benzene rings is 1. The molecule has 2 aromatic heterocycles. The summed E-state index contributed by atoms with van der Waals surface area (Å²) < 4.78 is 1.90. The van der Waals surface area contributed by atoms with Crippen molar-refractivity contribution in [2.75, 3.05) is 5.32 Å². The van der Waals surface area contributed by atoms with Gasteiger partial charge in [0.15, 0.2) is 0 Å². The highest BCUT2D eigenvalue weighted by atomic mass is 79.9. The van der Waals surface area contributed by atoms with Crippen molar-refractivity contribution in [2.45, 2.75) is 38.3 Å². The lowest BCUT2D eigenvalue weighted by Gasteiger charge is -2.27. The molecule has 3 N–H and O–H groups in total. The fourth-order valence-corrected chi connectivity index (χ4v) is 5.64. The van der Waals surface area contributed by atoms with Gasteiger partial charge in [0.2, 0.25) is 11.8 Å². The predicted molar refractivity (Wildman–Crippen MR) is 133 cm³/mol. The van der Waals surface area contributed by atoms with Crippen LogP contribution in [0.15, 0.2) is 34.8 Å². The minimum Gasteiger partial charge on any atom is -0.326 e. The normalized spacial score (nSPS) is 17.9. The van der Waals surface area contributed by atoms with E-state index in [0.717, 1.165) is 19.6 Å². The number of pyridine rings is 1. The van der Waals surface area contributed by atoms with Gasteiger partial charge in [0.05, 0.1) is 21.3 Å². The van der Waals surface area contributed by atoms with Gasteiger partial charge >= 0.3 is 6.03 Å². The van der Waals surface area contributed by atoms with Crippen molar-refractivity contribution in [1.29, 1.82) is 0 Å². The number of piperidine rings is 1. The molecule has 5 rings (SSSR count). The van der Waals surface area contributed by atoms with Crippen molar-refractivity contribution in [3.8, 4) is 0 Å². The second kappa shape index (κ2) is 8.75. The molecule has 11 nitrogen and oxygen atoms in total. The number of thiazole rings is 1. The molecule has 1 fully saturated rings. The zero-order chi connectivity index (χ0) is 25.8. The van der Waals surface area contributed by atoms with E-state index in [1.165, 1.54) is 23.5 Å². The molecule has 0 aliphatic carbocycles. The number of imide groups is 2. The Kier molecular flexibility index (Phi) is 5.83. The van der Waals surface area contributed by atoms with Crippen molar-refractivity contribution in [1.82, 2.24) is 25.5 Å². The van der Waals surface area contributed by atoms with Gasteiger partial charge in [-0.05, 0) is 50.6 Å². The van der Waals surface area contributed by atoms with Crippen molar-refractivity contribution in [2.24, 2.45) is 0 Å². The van der Waals surface area contributed by atoms with E-state index in [9.17, 15) is 24.0 Å². The van der Waals surface area contributed by atoms with Crippen LogP contribution >= 0.6 is 27.3 Å². The number of aromatic nitrogens is 2. The summed E-state index contributed by atoms with van der Waals surface area (Å²) in [5, 5.41) is 8.28. The number of carbonyl (C=O) groups is 5. The fourth-order valence-electron chi connectivity index (χ4n) is 4.06. The Morgan fingerprint density at radius 2 is 1.92 bits per heavy atom. The number of hydrogen-bond donors (Lipinski definition) is 3. The van der Waals surface area contributed by atoms with Crippen LogP contribution in [-0.4, -0.2) is 50.6 Å². The highest BCUT2D eigenvalue weighted by molar-refractivity contribution is 9.10. The smallest absolute Gasteiger partial charge is 0.321 e. The molecule has 1 saturated heterocycles. The van der Waals surface area contributed by atoms with Gasteiger partial charge in [-0.1, -0.05) is 15.9 Å². The molecule has 0 spiro atoms. The molecular formula is C23H19BrN6O5S. The van der Waals surface area contributed by atoms with E-state index < -0.39 is 41.2 Å². The van der Waals surface area contributed by atoms with E-state index in [1.54, 1.807) is 0 Å². The predicted octanol–water partition coefficient (Wildman–Crippen LogP) is 2.91. The van der Waals surface area contributed by atoms with Gasteiger partial charge in [0.25, 0.3) is 11.8 Å². The summed E-state index contributed by atoms with van der Waals surface area (Å²) >= 11 is 4.90. The average Bonchev–Trinajstić information content (AvgIpc) is 3.33. The molecule has 4 heterocycles. The van der Waals surface area contributed by atoms with E-state index in [1.807, 2.05) is 32.0 Å². The van der Waals surface area contributed by atoms with Gasteiger partial charge < -0.3 is 5.32 Å². The first kappa shape index (κ1) is 24.0. The molecule has 184 valence electrons. The molecule has 0 radical (unpaired) electrons. The first-order valence-corrected chi connectivity index (χ1v) is 12.5. The summed E-state index contributed by atoms with van der Waals surface area (Å²) in [5.74, 6) is -2.53. The maximum absolute atomic E-state index is 12.9. The number of nitrogens with zero attached hydrogens (tertiary/aromatic N) is 3. The summed E-state index contributed by atoms with van der Waals surface area (Å²) in [6.07, 6.45) is 0.0629. The first-order chi connectivity index (χ1) is 17.0. The van der Waals surface area contributed by atoms with Crippen molar-refractivity contribution in [3.63, 3.8) is 0 Å². The highest BCUT2D eigenvalue weighted by Crippen LogP contribution is 2.32. The lowest BCUT2D eigenvalue weighted by atomic mass is 10.0. The third-order valence-corrected chi connectivity index (χ3v) is 7.68. The van der Waals surface area contributed by atoms with Crippen molar-refractivity contribution < 1.29 is 24.0 Å². The summed E-state index contributed by atoms with van der Waals surface area (Å²) in [5.41, 5.74) is -0.140. The van der Waals surface area contributed by atoms with Gasteiger partial charge in [-0.2, -0.15) is 0 Å². The fraction of sp³-hybridized carbons (Fsp3) is 0.261. The average molecular weight is 571 g/mol. The number of urea groups is 1. The highest BCUT2D eigenvalue weighted by Gasteiger charge is 2.45. The number of nitrogens with one attached hydrogen (secondary N) is 3. The third kappa shape index (κ3) is 4.24. The van der Waals surface area contributed by atoms with Crippen LogP contribution in [0, 0.1) is 0 Å². The second-order valence-corrected chi connectivity index (χ2v) is 10.8. The van der Waals surface area contributed by atoms with Crippen molar-refractivity contribution >= 4 is 73.0 Å². The maximum Gasteiger partial charge on any atom is 0.321 e. The molecule has 13 heteroatoms. The van der Waals surface area contributed by atoms with Crippen LogP contribution in [0.5, 0.6) is 0 Å². The molecule has 6 amide bonds. The first-order valence-electron chi connectivity index (χ1n) is 10.9. The minimum atomic E-state index is -1.09. The van der Waals surface area contributed by atoms with E-state index in [0.29, 0.717) is 5.01 Å². The maximum atomic E-state index is 12.9. The Balaban J connectivity index is 1.31. The van der Waals surface area contributed by atoms with Crippen molar-refractivity contribution in [3.05, 3.63) is 51.1 Å². The van der Waals surface area contributed by atoms with Crippen LogP contribution in [0.1, 0.15) is 52.5 Å². The quantitative estimate of drug-likeness (QED) is 0.408. The summed E-state index contributed by atoms with van der Waals surface area (Å²) in [6, 6.07) is 6.85. The number of rotatable bonds is 4. The number of carbonyl (C=O) groups excluding carboxylic acids is 5. The summed E-state index contributed by atoms with van der Waals surface area (Å²) in [4.78, 5) is 71.7. The molecular weight excluding hydrogens is 552 g/mol. The third-order valence-electron chi connectivity index (χ3n) is 5.84. The molecule has 36 heavy (non-hydrogen) atoms. The molecule has 3 aromatic rings. The SMILES string of the molecule is CC(C)(NC(=O)Nc1ccc2c(n1)C(=O)N(C1CCC(=O)NC1=O)C2=O)c1nc2ccc(Br)cc2s1. The zero-order valence-electron chi connectivity index (χ0n) is 19.0. The van der Waals surface area contributed by atoms with Gasteiger partial charge in [-0.25, -0.2) is 14.8 Å². The van der Waals surface area contributed by atoms with Crippen LogP contribution in [0.3, 0.4) is 0 Å². The summed E-state index contributed by atoms with van der Waals surface area (Å²) in [6.45, 7) is 3.63. The molecule has 2 aliphatic heterocycles. The molecule has 0 bridgehead atoms. The van der Waals surface area contributed by atoms with Crippen LogP contribution in [0.25, 0.3) is 10.2 Å². The van der Waals surface area contributed by atoms with E-state index in [-0.39, 0.29) is 29.9 Å². The lowest BCUT2D eigenvalue weighted by molar-refractivity contribution is -0.136. The van der Waals surface area contributed by atoms with Crippen LogP contribution in [0.2, 0.25) is 0 Å². The molecule has 2 aliphatic rings. The molecule has 0 saturated carbocycles. The number of anilines is 1. The van der Waals surface area contributed by atoms with Gasteiger partial charge in [0, 0.05) is 10.9 Å². The Morgan fingerprint density at radius 3 is 2.67 bits per heavy atom. The van der Waals surface area contributed by atoms with Crippen LogP contribution < -0.4 is 16.0 Å². The van der Waals surface area contributed by atoms with E-state index in [4.69, 9.17) is 0 Å². The van der Waals surface area contributed by atoms with E-state index in [2.05, 4.69) is 41.8 Å². The molecule has 1 unspecified atom stereocenters. The Morgan fingerprint density at radius 1 is 1.14 bits per heavy atom. The Bertz CT molecular complexity index is 1480. The summed E-state index contributed by atoms with van der Waals surface area (Å²) in [7, 11) is 0. The lowest BCUT2D eigenvalue weighted by Crippen LogP contribution is -2.54. The standard InChI is InChI=1S/C23H19BrN6O5S/c1-23(2,21-25-12-5-3-10(24)9-14(12)36-21)29-22(35)27-15-7-4-11-17(26-15)20(34)30(19(11)33)13-6-8-16(31)28-18(13)32/h3-5,7,9,13H,6,8H2,1-2H3,(H,28,31,32)(H2,26,27,29,35). The largest absolute Gasteiger partial charge is 0.326 e. The number of hydrogen-bond acceptors (Lipinski definition) is 8. The molecule has 1 aromatic carbocycles. The zero-order valence-corrected chi connectivity index (χ0v) is 21.4. The van der Waals surface area contributed by atoms with Crippen LogP contribution in [0.4, 0.5) is 10.6 Å². The van der Waals surface area contributed by atoms with Gasteiger partial charge in [0.1, 0.15) is 22.6 Å².